The van der Waals surface area contributed by atoms with Gasteiger partial charge in [-0.15, -0.1) is 0 Å². The van der Waals surface area contributed by atoms with Crippen LogP contribution in [-0.4, -0.2) is 48.9 Å². The summed E-state index contributed by atoms with van der Waals surface area (Å²) < 4.78 is 33.5. The monoisotopic (exact) mass is 416 g/mol. The number of nitrogens with one attached hydrogen (secondary N) is 1. The third kappa shape index (κ3) is 2.89. The van der Waals surface area contributed by atoms with E-state index in [4.69, 9.17) is 4.42 Å². The SMILES string of the molecule is O=c1[nH]c2ccc(S(=O)(=O)N3CCN(c4nc5ccccc5s4)CC3)cc2o1. The number of fused-ring (bicyclic) bond motifs is 2. The second-order valence-electron chi connectivity index (χ2n) is 6.53. The molecule has 1 fully saturated rings. The summed E-state index contributed by atoms with van der Waals surface area (Å²) in [6.07, 6.45) is 0. The highest BCUT2D eigenvalue weighted by atomic mass is 32.2. The first-order chi connectivity index (χ1) is 13.5. The summed E-state index contributed by atoms with van der Waals surface area (Å²) in [4.78, 5) is 20.7. The maximum atomic E-state index is 13.0. The van der Waals surface area contributed by atoms with E-state index in [9.17, 15) is 13.2 Å². The van der Waals surface area contributed by atoms with E-state index in [0.29, 0.717) is 31.7 Å². The fraction of sp³-hybridized carbons (Fsp3) is 0.222. The van der Waals surface area contributed by atoms with Crippen molar-refractivity contribution in [3.63, 3.8) is 0 Å². The Morgan fingerprint density at radius 2 is 1.86 bits per heavy atom. The second-order valence-corrected chi connectivity index (χ2v) is 9.47. The maximum Gasteiger partial charge on any atom is 0.417 e. The van der Waals surface area contributed by atoms with Gasteiger partial charge >= 0.3 is 5.76 Å². The minimum absolute atomic E-state index is 0.121. The zero-order chi connectivity index (χ0) is 19.3. The Hall–Kier alpha value is -2.69. The standard InChI is InChI=1S/C18H16N4O4S2/c23-18-20-13-6-5-12(11-15(13)26-18)28(24,25)22-9-7-21(8-10-22)17-19-14-3-1-2-4-16(14)27-17/h1-6,11H,7-10H2,(H,20,23). The van der Waals surface area contributed by atoms with Crippen molar-refractivity contribution in [3.05, 3.63) is 53.0 Å². The number of rotatable bonds is 3. The van der Waals surface area contributed by atoms with Crippen LogP contribution < -0.4 is 10.7 Å². The van der Waals surface area contributed by atoms with Crippen LogP contribution in [0, 0.1) is 0 Å². The fourth-order valence-electron chi connectivity index (χ4n) is 3.35. The number of H-pyrrole nitrogens is 1. The molecule has 4 aromatic rings. The van der Waals surface area contributed by atoms with Gasteiger partial charge in [0.2, 0.25) is 10.0 Å². The van der Waals surface area contributed by atoms with E-state index in [1.807, 2.05) is 24.3 Å². The van der Waals surface area contributed by atoms with Gasteiger partial charge in [0, 0.05) is 32.2 Å². The molecule has 0 spiro atoms. The summed E-state index contributed by atoms with van der Waals surface area (Å²) >= 11 is 1.61. The second kappa shape index (κ2) is 6.43. The molecule has 28 heavy (non-hydrogen) atoms. The van der Waals surface area contributed by atoms with E-state index in [1.165, 1.54) is 16.4 Å². The summed E-state index contributed by atoms with van der Waals surface area (Å²) in [7, 11) is -3.66. The van der Waals surface area contributed by atoms with E-state index in [-0.39, 0.29) is 10.5 Å². The number of thiazole rings is 1. The predicted octanol–water partition coefficient (Wildman–Crippen LogP) is 2.24. The summed E-state index contributed by atoms with van der Waals surface area (Å²) in [5.41, 5.74) is 1.67. The van der Waals surface area contributed by atoms with Crippen LogP contribution in [0.4, 0.5) is 5.13 Å². The molecule has 1 aliphatic rings. The zero-order valence-corrected chi connectivity index (χ0v) is 16.3. The maximum absolute atomic E-state index is 13.0. The minimum Gasteiger partial charge on any atom is -0.408 e. The van der Waals surface area contributed by atoms with E-state index in [2.05, 4.69) is 14.9 Å². The molecule has 2 aromatic heterocycles. The molecule has 0 bridgehead atoms. The Balaban J connectivity index is 1.36. The van der Waals surface area contributed by atoms with Gasteiger partial charge in [0.15, 0.2) is 10.7 Å². The van der Waals surface area contributed by atoms with Crippen LogP contribution in [0.2, 0.25) is 0 Å². The lowest BCUT2D eigenvalue weighted by atomic mass is 10.3. The van der Waals surface area contributed by atoms with Crippen molar-refractivity contribution in [3.8, 4) is 0 Å². The largest absolute Gasteiger partial charge is 0.417 e. The van der Waals surface area contributed by atoms with Gasteiger partial charge in [-0.3, -0.25) is 4.98 Å². The molecule has 0 atom stereocenters. The molecule has 5 rings (SSSR count). The third-order valence-electron chi connectivity index (χ3n) is 4.82. The van der Waals surface area contributed by atoms with Gasteiger partial charge in [0.05, 0.1) is 20.6 Å². The number of oxazole rings is 1. The zero-order valence-electron chi connectivity index (χ0n) is 14.7. The van der Waals surface area contributed by atoms with Crippen LogP contribution in [0.3, 0.4) is 0 Å². The molecule has 10 heteroatoms. The average Bonchev–Trinajstić information content (AvgIpc) is 3.29. The van der Waals surface area contributed by atoms with Crippen molar-refractivity contribution < 1.29 is 12.8 Å². The molecule has 1 N–H and O–H groups in total. The Morgan fingerprint density at radius 3 is 2.64 bits per heavy atom. The molecule has 0 amide bonds. The van der Waals surface area contributed by atoms with E-state index < -0.39 is 15.8 Å². The van der Waals surface area contributed by atoms with Gasteiger partial charge in [-0.25, -0.2) is 18.2 Å². The highest BCUT2D eigenvalue weighted by Crippen LogP contribution is 2.30. The normalized spacial score (nSPS) is 16.2. The van der Waals surface area contributed by atoms with E-state index in [0.717, 1.165) is 15.3 Å². The molecular formula is C18H16N4O4S2. The molecule has 0 aliphatic carbocycles. The highest BCUT2D eigenvalue weighted by Gasteiger charge is 2.30. The van der Waals surface area contributed by atoms with E-state index >= 15 is 0 Å². The van der Waals surface area contributed by atoms with Crippen LogP contribution in [-0.2, 0) is 10.0 Å². The summed E-state index contributed by atoms with van der Waals surface area (Å²) in [6.45, 7) is 1.88. The number of anilines is 1. The first-order valence-electron chi connectivity index (χ1n) is 8.74. The summed E-state index contributed by atoms with van der Waals surface area (Å²) in [5.74, 6) is -0.603. The fourth-order valence-corrected chi connectivity index (χ4v) is 5.81. The average molecular weight is 416 g/mol. The molecule has 3 heterocycles. The lowest BCUT2D eigenvalue weighted by Crippen LogP contribution is -2.48. The molecular weight excluding hydrogens is 400 g/mol. The minimum atomic E-state index is -3.66. The number of piperazine rings is 1. The summed E-state index contributed by atoms with van der Waals surface area (Å²) in [6, 6.07) is 12.4. The third-order valence-corrected chi connectivity index (χ3v) is 7.81. The van der Waals surface area contributed by atoms with Crippen molar-refractivity contribution in [1.82, 2.24) is 14.3 Å². The van der Waals surface area contributed by atoms with Crippen molar-refractivity contribution in [2.45, 2.75) is 4.90 Å². The van der Waals surface area contributed by atoms with Gasteiger partial charge in [0.25, 0.3) is 0 Å². The number of hydrogen-bond acceptors (Lipinski definition) is 7. The van der Waals surface area contributed by atoms with Crippen molar-refractivity contribution >= 4 is 47.8 Å². The molecule has 0 saturated carbocycles. The predicted molar refractivity (Wildman–Crippen MR) is 107 cm³/mol. The topological polar surface area (TPSA) is 99.5 Å². The lowest BCUT2D eigenvalue weighted by Gasteiger charge is -2.33. The van der Waals surface area contributed by atoms with Crippen molar-refractivity contribution in [1.29, 1.82) is 0 Å². The van der Waals surface area contributed by atoms with Gasteiger partial charge < -0.3 is 9.32 Å². The molecule has 8 nitrogen and oxygen atoms in total. The van der Waals surface area contributed by atoms with E-state index in [1.54, 1.807) is 17.4 Å². The first kappa shape index (κ1) is 17.4. The molecule has 0 radical (unpaired) electrons. The number of para-hydroxylation sites is 1. The van der Waals surface area contributed by atoms with Crippen molar-refractivity contribution in [2.75, 3.05) is 31.1 Å². The smallest absolute Gasteiger partial charge is 0.408 e. The molecule has 0 unspecified atom stereocenters. The number of benzene rings is 2. The summed E-state index contributed by atoms with van der Waals surface area (Å²) in [5, 5.41) is 0.911. The van der Waals surface area contributed by atoms with Crippen LogP contribution in [0.25, 0.3) is 21.3 Å². The van der Waals surface area contributed by atoms with Crippen LogP contribution >= 0.6 is 11.3 Å². The lowest BCUT2D eigenvalue weighted by molar-refractivity contribution is 0.385. The number of nitrogens with zero attached hydrogens (tertiary/aromatic N) is 3. The Kier molecular flexibility index (Phi) is 4.00. The first-order valence-corrected chi connectivity index (χ1v) is 11.0. The van der Waals surface area contributed by atoms with Crippen LogP contribution in [0.5, 0.6) is 0 Å². The molecule has 1 aliphatic heterocycles. The highest BCUT2D eigenvalue weighted by molar-refractivity contribution is 7.89. The molecule has 2 aromatic carbocycles. The Morgan fingerprint density at radius 1 is 1.07 bits per heavy atom. The number of hydrogen-bond donors (Lipinski definition) is 1. The molecule has 144 valence electrons. The number of aromatic nitrogens is 2. The Bertz CT molecular complexity index is 1300. The van der Waals surface area contributed by atoms with Crippen molar-refractivity contribution in [2.24, 2.45) is 0 Å². The van der Waals surface area contributed by atoms with Gasteiger partial charge in [-0.05, 0) is 24.3 Å². The molecule has 1 saturated heterocycles. The Labute approximate surface area is 164 Å². The van der Waals surface area contributed by atoms with Gasteiger partial charge in [-0.1, -0.05) is 23.5 Å². The number of sulfonamides is 1. The van der Waals surface area contributed by atoms with Crippen LogP contribution in [0.1, 0.15) is 0 Å². The number of aromatic amines is 1. The quantitative estimate of drug-likeness (QED) is 0.550. The van der Waals surface area contributed by atoms with Crippen LogP contribution in [0.15, 0.2) is 56.6 Å². The van der Waals surface area contributed by atoms with Gasteiger partial charge in [-0.2, -0.15) is 4.31 Å². The van der Waals surface area contributed by atoms with Gasteiger partial charge in [0.1, 0.15) is 0 Å².